The van der Waals surface area contributed by atoms with Gasteiger partial charge in [-0.15, -0.1) is 0 Å². The monoisotopic (exact) mass is 238 g/mol. The van der Waals surface area contributed by atoms with Gasteiger partial charge in [-0.05, 0) is 5.92 Å². The molecule has 16 heavy (non-hydrogen) atoms. The van der Waals surface area contributed by atoms with E-state index in [1.54, 1.807) is 0 Å². The molecule has 1 rings (SSSR count). The number of rotatable bonds is 3. The normalized spacial score (nSPS) is 17.9. The zero-order valence-electron chi connectivity index (χ0n) is 9.04. The topological polar surface area (TPSA) is 40.6 Å². The summed E-state index contributed by atoms with van der Waals surface area (Å²) in [5.74, 6) is -0.675. The number of amides is 3. The summed E-state index contributed by atoms with van der Waals surface area (Å²) in [5, 5.41) is 0. The van der Waals surface area contributed by atoms with Crippen LogP contribution in [0.2, 0.25) is 0 Å². The van der Waals surface area contributed by atoms with Crippen molar-refractivity contribution in [3.8, 4) is 0 Å². The fraction of sp³-hybridized carbons (Fsp3) is 0.778. The molecule has 0 spiro atoms. The van der Waals surface area contributed by atoms with Crippen molar-refractivity contribution in [3.63, 3.8) is 0 Å². The van der Waals surface area contributed by atoms with E-state index in [1.165, 1.54) is 0 Å². The summed E-state index contributed by atoms with van der Waals surface area (Å²) in [6.45, 7) is 2.18. The SMILES string of the molecule is CC(C)CN1CC(=O)N(CC(F)(F)F)C1=O. The van der Waals surface area contributed by atoms with E-state index in [4.69, 9.17) is 0 Å². The summed E-state index contributed by atoms with van der Waals surface area (Å²) in [5.41, 5.74) is 0. The van der Waals surface area contributed by atoms with Crippen molar-refractivity contribution < 1.29 is 22.8 Å². The van der Waals surface area contributed by atoms with Crippen LogP contribution in [0.4, 0.5) is 18.0 Å². The van der Waals surface area contributed by atoms with E-state index in [0.29, 0.717) is 6.54 Å². The van der Waals surface area contributed by atoms with Gasteiger partial charge in [-0.2, -0.15) is 13.2 Å². The molecular formula is C9H13F3N2O2. The lowest BCUT2D eigenvalue weighted by molar-refractivity contribution is -0.151. The molecule has 0 N–H and O–H groups in total. The van der Waals surface area contributed by atoms with Crippen LogP contribution in [-0.4, -0.2) is 47.5 Å². The Balaban J connectivity index is 2.68. The Kier molecular flexibility index (Phi) is 3.44. The molecule has 1 saturated heterocycles. The maximum Gasteiger partial charge on any atom is 0.406 e. The van der Waals surface area contributed by atoms with Gasteiger partial charge in [0.15, 0.2) is 0 Å². The molecule has 0 aliphatic carbocycles. The third-order valence-corrected chi connectivity index (χ3v) is 2.05. The van der Waals surface area contributed by atoms with Crippen molar-refractivity contribution in [3.05, 3.63) is 0 Å². The molecule has 0 saturated carbocycles. The first kappa shape index (κ1) is 12.8. The molecule has 0 radical (unpaired) electrons. The summed E-state index contributed by atoms with van der Waals surface area (Å²) in [4.78, 5) is 24.1. The molecule has 0 unspecified atom stereocenters. The second-order valence-corrected chi connectivity index (χ2v) is 4.15. The number of hydrogen-bond acceptors (Lipinski definition) is 2. The van der Waals surface area contributed by atoms with Crippen molar-refractivity contribution in [2.24, 2.45) is 5.92 Å². The summed E-state index contributed by atoms with van der Waals surface area (Å²) in [6.07, 6.45) is -4.54. The summed E-state index contributed by atoms with van der Waals surface area (Å²) < 4.78 is 36.2. The zero-order chi connectivity index (χ0) is 12.5. The first-order valence-electron chi connectivity index (χ1n) is 4.86. The molecule has 1 heterocycles. The van der Waals surface area contributed by atoms with Crippen molar-refractivity contribution in [1.29, 1.82) is 0 Å². The predicted molar refractivity (Wildman–Crippen MR) is 49.6 cm³/mol. The summed E-state index contributed by atoms with van der Waals surface area (Å²) in [7, 11) is 0. The van der Waals surface area contributed by atoms with Crippen LogP contribution in [0.1, 0.15) is 13.8 Å². The van der Waals surface area contributed by atoms with E-state index in [-0.39, 0.29) is 17.4 Å². The standard InChI is InChI=1S/C9H13F3N2O2/c1-6(2)3-13-4-7(15)14(8(13)16)5-9(10,11)12/h6H,3-5H2,1-2H3. The molecule has 1 aliphatic rings. The minimum atomic E-state index is -4.54. The largest absolute Gasteiger partial charge is 0.406 e. The van der Waals surface area contributed by atoms with Gasteiger partial charge in [0, 0.05) is 6.54 Å². The number of alkyl halides is 3. The van der Waals surface area contributed by atoms with Crippen molar-refractivity contribution in [2.45, 2.75) is 20.0 Å². The summed E-state index contributed by atoms with van der Waals surface area (Å²) >= 11 is 0. The number of nitrogens with zero attached hydrogens (tertiary/aromatic N) is 2. The van der Waals surface area contributed by atoms with Gasteiger partial charge in [-0.1, -0.05) is 13.8 Å². The van der Waals surface area contributed by atoms with Crippen molar-refractivity contribution in [2.75, 3.05) is 19.6 Å². The smallest absolute Gasteiger partial charge is 0.315 e. The number of carbonyl (C=O) groups is 2. The first-order chi connectivity index (χ1) is 7.20. The van der Waals surface area contributed by atoms with Crippen LogP contribution >= 0.6 is 0 Å². The van der Waals surface area contributed by atoms with Gasteiger partial charge in [0.2, 0.25) is 0 Å². The molecule has 0 bridgehead atoms. The van der Waals surface area contributed by atoms with Crippen LogP contribution in [0, 0.1) is 5.92 Å². The van der Waals surface area contributed by atoms with E-state index >= 15 is 0 Å². The maximum atomic E-state index is 12.1. The Bertz CT molecular complexity index is 302. The van der Waals surface area contributed by atoms with Crippen molar-refractivity contribution in [1.82, 2.24) is 9.80 Å². The van der Waals surface area contributed by atoms with E-state index in [2.05, 4.69) is 0 Å². The van der Waals surface area contributed by atoms with Crippen LogP contribution in [0.3, 0.4) is 0 Å². The Hall–Kier alpha value is -1.27. The lowest BCUT2D eigenvalue weighted by Gasteiger charge is -2.19. The van der Waals surface area contributed by atoms with Gasteiger partial charge in [-0.25, -0.2) is 4.79 Å². The highest BCUT2D eigenvalue weighted by Gasteiger charge is 2.42. The van der Waals surface area contributed by atoms with Crippen molar-refractivity contribution >= 4 is 11.9 Å². The van der Waals surface area contributed by atoms with Gasteiger partial charge in [-0.3, -0.25) is 9.69 Å². The minimum Gasteiger partial charge on any atom is -0.315 e. The first-order valence-corrected chi connectivity index (χ1v) is 4.86. The third kappa shape index (κ3) is 3.11. The minimum absolute atomic E-state index is 0.114. The quantitative estimate of drug-likeness (QED) is 0.698. The van der Waals surface area contributed by atoms with E-state index in [9.17, 15) is 22.8 Å². The lowest BCUT2D eigenvalue weighted by atomic mass is 10.2. The molecular weight excluding hydrogens is 225 g/mol. The predicted octanol–water partition coefficient (Wildman–Crippen LogP) is 1.47. The lowest BCUT2D eigenvalue weighted by Crippen LogP contribution is -2.40. The molecule has 4 nitrogen and oxygen atoms in total. The van der Waals surface area contributed by atoms with Gasteiger partial charge >= 0.3 is 12.2 Å². The molecule has 7 heteroatoms. The van der Waals surface area contributed by atoms with Crippen LogP contribution in [0.5, 0.6) is 0 Å². The Labute approximate surface area is 91.0 Å². The molecule has 92 valence electrons. The van der Waals surface area contributed by atoms with E-state index in [0.717, 1.165) is 4.90 Å². The number of carbonyl (C=O) groups excluding carboxylic acids is 2. The number of hydrogen-bond donors (Lipinski definition) is 0. The average molecular weight is 238 g/mol. The highest BCUT2D eigenvalue weighted by Crippen LogP contribution is 2.21. The fourth-order valence-electron chi connectivity index (χ4n) is 1.51. The number of urea groups is 1. The second-order valence-electron chi connectivity index (χ2n) is 4.15. The Morgan fingerprint density at radius 3 is 2.31 bits per heavy atom. The van der Waals surface area contributed by atoms with Gasteiger partial charge in [0.25, 0.3) is 5.91 Å². The molecule has 0 aromatic rings. The van der Waals surface area contributed by atoms with Gasteiger partial charge in [0.1, 0.15) is 13.1 Å². The molecule has 0 aromatic carbocycles. The third-order valence-electron chi connectivity index (χ3n) is 2.05. The molecule has 3 amide bonds. The summed E-state index contributed by atoms with van der Waals surface area (Å²) in [6, 6.07) is -0.851. The molecule has 0 aromatic heterocycles. The Morgan fingerprint density at radius 2 is 1.88 bits per heavy atom. The average Bonchev–Trinajstić information content (AvgIpc) is 2.29. The number of halogens is 3. The van der Waals surface area contributed by atoms with Crippen LogP contribution in [0.15, 0.2) is 0 Å². The molecule has 1 fully saturated rings. The Morgan fingerprint density at radius 1 is 1.31 bits per heavy atom. The molecule has 1 aliphatic heterocycles. The van der Waals surface area contributed by atoms with Crippen LogP contribution in [0.25, 0.3) is 0 Å². The van der Waals surface area contributed by atoms with Crippen LogP contribution in [-0.2, 0) is 4.79 Å². The van der Waals surface area contributed by atoms with E-state index < -0.39 is 24.7 Å². The highest BCUT2D eigenvalue weighted by molar-refractivity contribution is 6.02. The van der Waals surface area contributed by atoms with Gasteiger partial charge < -0.3 is 4.90 Å². The van der Waals surface area contributed by atoms with Gasteiger partial charge in [0.05, 0.1) is 0 Å². The maximum absolute atomic E-state index is 12.1. The van der Waals surface area contributed by atoms with Crippen LogP contribution < -0.4 is 0 Å². The zero-order valence-corrected chi connectivity index (χ0v) is 9.04. The molecule has 0 atom stereocenters. The highest BCUT2D eigenvalue weighted by atomic mass is 19.4. The second kappa shape index (κ2) is 4.31. The fourth-order valence-corrected chi connectivity index (χ4v) is 1.51. The van der Waals surface area contributed by atoms with E-state index in [1.807, 2.05) is 13.8 Å². The number of imide groups is 1.